The summed E-state index contributed by atoms with van der Waals surface area (Å²) >= 11 is 1.49. The topological polar surface area (TPSA) is 83.3 Å². The molecular formula is C18H15N3O4S. The number of thioether (sulfide) groups is 1. The molecule has 0 amide bonds. The Morgan fingerprint density at radius 3 is 2.88 bits per heavy atom. The van der Waals surface area contributed by atoms with E-state index < -0.39 is 5.63 Å². The molecule has 132 valence electrons. The van der Waals surface area contributed by atoms with Gasteiger partial charge in [-0.25, -0.2) is 4.79 Å². The fourth-order valence-electron chi connectivity index (χ4n) is 2.66. The fraction of sp³-hybridized carbons (Fsp3) is 0.167. The first-order valence-electron chi connectivity index (χ1n) is 7.82. The first-order valence-corrected chi connectivity index (χ1v) is 8.81. The molecule has 0 aliphatic heterocycles. The second kappa shape index (κ2) is 6.72. The molecule has 1 aromatic carbocycles. The molecule has 0 aliphatic carbocycles. The van der Waals surface area contributed by atoms with Gasteiger partial charge in [0.25, 0.3) is 0 Å². The van der Waals surface area contributed by atoms with Crippen LogP contribution in [0.1, 0.15) is 5.56 Å². The van der Waals surface area contributed by atoms with Crippen molar-refractivity contribution in [3.8, 4) is 17.3 Å². The van der Waals surface area contributed by atoms with Gasteiger partial charge in [-0.2, -0.15) is 0 Å². The van der Waals surface area contributed by atoms with Gasteiger partial charge in [-0.1, -0.05) is 11.8 Å². The van der Waals surface area contributed by atoms with E-state index in [0.29, 0.717) is 28.7 Å². The SMILES string of the molecule is COc1ccc2c(CSc3nnc(-c4ccco4)n3C)cc(=O)oc2c1. The number of benzene rings is 1. The third-order valence-corrected chi connectivity index (χ3v) is 5.04. The number of hydrogen-bond acceptors (Lipinski definition) is 7. The predicted molar refractivity (Wildman–Crippen MR) is 97.3 cm³/mol. The van der Waals surface area contributed by atoms with Crippen LogP contribution in [0.25, 0.3) is 22.6 Å². The highest BCUT2D eigenvalue weighted by molar-refractivity contribution is 7.98. The summed E-state index contributed by atoms with van der Waals surface area (Å²) in [7, 11) is 3.45. The summed E-state index contributed by atoms with van der Waals surface area (Å²) in [5.41, 5.74) is 0.976. The van der Waals surface area contributed by atoms with Crippen molar-refractivity contribution >= 4 is 22.7 Å². The van der Waals surface area contributed by atoms with E-state index in [0.717, 1.165) is 16.1 Å². The van der Waals surface area contributed by atoms with Crippen LogP contribution in [0, 0.1) is 0 Å². The van der Waals surface area contributed by atoms with Gasteiger partial charge in [0.15, 0.2) is 16.7 Å². The lowest BCUT2D eigenvalue weighted by Crippen LogP contribution is -2.01. The molecular weight excluding hydrogens is 354 g/mol. The number of aromatic nitrogens is 3. The number of methoxy groups -OCH3 is 1. The van der Waals surface area contributed by atoms with E-state index in [1.807, 2.05) is 29.8 Å². The van der Waals surface area contributed by atoms with E-state index in [1.165, 1.54) is 17.8 Å². The minimum Gasteiger partial charge on any atom is -0.497 e. The van der Waals surface area contributed by atoms with E-state index in [9.17, 15) is 4.79 Å². The molecule has 0 unspecified atom stereocenters. The van der Waals surface area contributed by atoms with Gasteiger partial charge in [-0.05, 0) is 29.8 Å². The molecule has 0 radical (unpaired) electrons. The molecule has 7 nitrogen and oxygen atoms in total. The van der Waals surface area contributed by atoms with Crippen molar-refractivity contribution in [2.45, 2.75) is 10.9 Å². The van der Waals surface area contributed by atoms with Crippen molar-refractivity contribution in [3.05, 3.63) is 58.6 Å². The highest BCUT2D eigenvalue weighted by Gasteiger charge is 2.14. The third kappa shape index (κ3) is 2.99. The molecule has 8 heteroatoms. The average molecular weight is 369 g/mol. The van der Waals surface area contributed by atoms with E-state index in [-0.39, 0.29) is 0 Å². The molecule has 26 heavy (non-hydrogen) atoms. The van der Waals surface area contributed by atoms with Crippen LogP contribution in [-0.4, -0.2) is 21.9 Å². The summed E-state index contributed by atoms with van der Waals surface area (Å²) in [4.78, 5) is 11.9. The summed E-state index contributed by atoms with van der Waals surface area (Å²) < 4.78 is 17.7. The largest absolute Gasteiger partial charge is 0.497 e. The number of ether oxygens (including phenoxy) is 1. The van der Waals surface area contributed by atoms with Crippen LogP contribution in [0.2, 0.25) is 0 Å². The van der Waals surface area contributed by atoms with Gasteiger partial charge in [0, 0.05) is 30.3 Å². The van der Waals surface area contributed by atoms with Crippen LogP contribution in [-0.2, 0) is 12.8 Å². The second-order valence-electron chi connectivity index (χ2n) is 5.58. The second-order valence-corrected chi connectivity index (χ2v) is 6.53. The molecule has 0 aliphatic rings. The summed E-state index contributed by atoms with van der Waals surface area (Å²) in [6.45, 7) is 0. The maximum atomic E-state index is 11.9. The van der Waals surface area contributed by atoms with Crippen LogP contribution in [0.5, 0.6) is 5.75 Å². The lowest BCUT2D eigenvalue weighted by molar-refractivity contribution is 0.414. The zero-order valence-corrected chi connectivity index (χ0v) is 14.9. The Kier molecular flexibility index (Phi) is 4.26. The van der Waals surface area contributed by atoms with Crippen LogP contribution in [0.3, 0.4) is 0 Å². The van der Waals surface area contributed by atoms with Gasteiger partial charge in [-0.15, -0.1) is 10.2 Å². The normalized spacial score (nSPS) is 11.2. The molecule has 0 atom stereocenters. The summed E-state index contributed by atoms with van der Waals surface area (Å²) in [5, 5.41) is 9.98. The van der Waals surface area contributed by atoms with Crippen molar-refractivity contribution in [2.75, 3.05) is 7.11 Å². The lowest BCUT2D eigenvalue weighted by atomic mass is 10.1. The van der Waals surface area contributed by atoms with Gasteiger partial charge >= 0.3 is 5.63 Å². The van der Waals surface area contributed by atoms with E-state index >= 15 is 0 Å². The molecule has 3 heterocycles. The molecule has 0 saturated heterocycles. The van der Waals surface area contributed by atoms with Gasteiger partial charge < -0.3 is 18.1 Å². The van der Waals surface area contributed by atoms with Crippen molar-refractivity contribution in [1.29, 1.82) is 0 Å². The Morgan fingerprint density at radius 1 is 1.23 bits per heavy atom. The number of rotatable bonds is 5. The molecule has 4 aromatic rings. The standard InChI is InChI=1S/C18H15N3O4S/c1-21-17(14-4-3-7-24-14)19-20-18(21)26-10-11-8-16(22)25-15-9-12(23-2)5-6-13(11)15/h3-9H,10H2,1-2H3. The Morgan fingerprint density at radius 2 is 2.12 bits per heavy atom. The van der Waals surface area contributed by atoms with Crippen molar-refractivity contribution < 1.29 is 13.6 Å². The highest BCUT2D eigenvalue weighted by Crippen LogP contribution is 2.29. The number of fused-ring (bicyclic) bond motifs is 1. The minimum absolute atomic E-state index is 0.393. The average Bonchev–Trinajstić information content (AvgIpc) is 3.28. The van der Waals surface area contributed by atoms with Gasteiger partial charge in [-0.3, -0.25) is 0 Å². The molecule has 0 bridgehead atoms. The molecule has 0 fully saturated rings. The van der Waals surface area contributed by atoms with E-state index in [1.54, 1.807) is 25.5 Å². The summed E-state index contributed by atoms with van der Waals surface area (Å²) in [6.07, 6.45) is 1.60. The molecule has 0 spiro atoms. The zero-order chi connectivity index (χ0) is 18.1. The van der Waals surface area contributed by atoms with Crippen LogP contribution < -0.4 is 10.4 Å². The number of hydrogen-bond donors (Lipinski definition) is 0. The van der Waals surface area contributed by atoms with Gasteiger partial charge in [0.1, 0.15) is 11.3 Å². The first-order chi connectivity index (χ1) is 12.7. The van der Waals surface area contributed by atoms with Gasteiger partial charge in [0.05, 0.1) is 13.4 Å². The molecule has 3 aromatic heterocycles. The van der Waals surface area contributed by atoms with Gasteiger partial charge in [0.2, 0.25) is 0 Å². The Bertz CT molecular complexity index is 1120. The van der Waals surface area contributed by atoms with Crippen molar-refractivity contribution in [1.82, 2.24) is 14.8 Å². The number of furan rings is 1. The van der Waals surface area contributed by atoms with Crippen molar-refractivity contribution in [3.63, 3.8) is 0 Å². The van der Waals surface area contributed by atoms with E-state index in [4.69, 9.17) is 13.6 Å². The Hall–Kier alpha value is -3.00. The van der Waals surface area contributed by atoms with E-state index in [2.05, 4.69) is 10.2 Å². The predicted octanol–water partition coefficient (Wildman–Crippen LogP) is 3.48. The molecule has 0 saturated carbocycles. The third-order valence-electron chi connectivity index (χ3n) is 3.97. The van der Waals surface area contributed by atoms with Crippen LogP contribution >= 0.6 is 11.8 Å². The fourth-order valence-corrected chi connectivity index (χ4v) is 3.56. The number of nitrogens with zero attached hydrogens (tertiary/aromatic N) is 3. The summed E-state index contributed by atoms with van der Waals surface area (Å²) in [5.74, 6) is 2.50. The maximum Gasteiger partial charge on any atom is 0.336 e. The summed E-state index contributed by atoms with van der Waals surface area (Å²) in [6, 6.07) is 10.6. The lowest BCUT2D eigenvalue weighted by Gasteiger charge is -2.07. The van der Waals surface area contributed by atoms with Crippen LogP contribution in [0.4, 0.5) is 0 Å². The quantitative estimate of drug-likeness (QED) is 0.393. The monoisotopic (exact) mass is 369 g/mol. The first kappa shape index (κ1) is 16.5. The Labute approximate surface area is 152 Å². The minimum atomic E-state index is -0.393. The smallest absolute Gasteiger partial charge is 0.336 e. The molecule has 4 rings (SSSR count). The highest BCUT2D eigenvalue weighted by atomic mass is 32.2. The maximum absolute atomic E-state index is 11.9. The van der Waals surface area contributed by atoms with Crippen molar-refractivity contribution in [2.24, 2.45) is 7.05 Å². The van der Waals surface area contributed by atoms with Crippen LogP contribution in [0.15, 0.2) is 61.4 Å². The Balaban J connectivity index is 1.63. The molecule has 0 N–H and O–H groups in total. The zero-order valence-electron chi connectivity index (χ0n) is 14.1.